The molecule has 0 bridgehead atoms. The number of aryl methyl sites for hydroxylation is 1. The maximum Gasteiger partial charge on any atom is 0.261 e. The molecule has 0 saturated heterocycles. The standard InChI is InChI=1S/C15H18N2O2S/c1-12-8-9-15(10-13(12)11-16-2)20(18,19)17-14-6-4-3-5-7-14/h3-10,16-17H,11H2,1-2H3. The van der Waals surface area contributed by atoms with Crippen molar-refractivity contribution in [3.8, 4) is 0 Å². The summed E-state index contributed by atoms with van der Waals surface area (Å²) in [7, 11) is -1.71. The van der Waals surface area contributed by atoms with Gasteiger partial charge in [-0.25, -0.2) is 8.42 Å². The third-order valence-corrected chi connectivity index (χ3v) is 4.40. The highest BCUT2D eigenvalue weighted by Crippen LogP contribution is 2.19. The van der Waals surface area contributed by atoms with Gasteiger partial charge in [-0.2, -0.15) is 0 Å². The van der Waals surface area contributed by atoms with E-state index >= 15 is 0 Å². The maximum atomic E-state index is 12.3. The van der Waals surface area contributed by atoms with Crippen LogP contribution in [0.25, 0.3) is 0 Å². The summed E-state index contributed by atoms with van der Waals surface area (Å²) in [6.07, 6.45) is 0. The highest BCUT2D eigenvalue weighted by atomic mass is 32.2. The number of sulfonamides is 1. The van der Waals surface area contributed by atoms with Crippen LogP contribution in [0.1, 0.15) is 11.1 Å². The van der Waals surface area contributed by atoms with Gasteiger partial charge in [0, 0.05) is 12.2 Å². The van der Waals surface area contributed by atoms with E-state index in [2.05, 4.69) is 10.0 Å². The lowest BCUT2D eigenvalue weighted by Crippen LogP contribution is -2.14. The van der Waals surface area contributed by atoms with E-state index in [1.807, 2.05) is 26.1 Å². The van der Waals surface area contributed by atoms with E-state index in [4.69, 9.17) is 0 Å². The molecule has 0 amide bonds. The number of para-hydroxylation sites is 1. The van der Waals surface area contributed by atoms with Gasteiger partial charge in [-0.1, -0.05) is 24.3 Å². The summed E-state index contributed by atoms with van der Waals surface area (Å²) < 4.78 is 27.3. The monoisotopic (exact) mass is 290 g/mol. The molecule has 0 radical (unpaired) electrons. The van der Waals surface area contributed by atoms with Gasteiger partial charge >= 0.3 is 0 Å². The summed E-state index contributed by atoms with van der Waals surface area (Å²) in [6.45, 7) is 2.61. The van der Waals surface area contributed by atoms with E-state index < -0.39 is 10.0 Å². The number of hydrogen-bond donors (Lipinski definition) is 2. The number of hydrogen-bond acceptors (Lipinski definition) is 3. The number of nitrogens with one attached hydrogen (secondary N) is 2. The second-order valence-electron chi connectivity index (χ2n) is 4.59. The first kappa shape index (κ1) is 14.6. The zero-order chi connectivity index (χ0) is 14.6. The predicted octanol–water partition coefficient (Wildman–Crippen LogP) is 2.52. The average Bonchev–Trinajstić information content (AvgIpc) is 2.42. The van der Waals surface area contributed by atoms with E-state index in [0.717, 1.165) is 11.1 Å². The van der Waals surface area contributed by atoms with Crippen LogP contribution in [0.4, 0.5) is 5.69 Å². The smallest absolute Gasteiger partial charge is 0.261 e. The minimum atomic E-state index is -3.55. The third kappa shape index (κ3) is 3.37. The normalized spacial score (nSPS) is 11.3. The molecule has 0 aliphatic carbocycles. The molecule has 0 heterocycles. The van der Waals surface area contributed by atoms with Crippen LogP contribution in [-0.2, 0) is 16.6 Å². The second kappa shape index (κ2) is 6.07. The van der Waals surface area contributed by atoms with Gasteiger partial charge in [0.2, 0.25) is 0 Å². The first-order chi connectivity index (χ1) is 9.53. The number of rotatable bonds is 5. The van der Waals surface area contributed by atoms with Crippen LogP contribution in [0.15, 0.2) is 53.4 Å². The molecule has 2 N–H and O–H groups in total. The van der Waals surface area contributed by atoms with Gasteiger partial charge in [0.05, 0.1) is 4.90 Å². The van der Waals surface area contributed by atoms with Crippen LogP contribution >= 0.6 is 0 Å². The zero-order valence-corrected chi connectivity index (χ0v) is 12.4. The molecular formula is C15H18N2O2S. The summed E-state index contributed by atoms with van der Waals surface area (Å²) in [4.78, 5) is 0.275. The summed E-state index contributed by atoms with van der Waals surface area (Å²) in [6, 6.07) is 14.0. The molecular weight excluding hydrogens is 272 g/mol. The Labute approximate surface area is 119 Å². The van der Waals surface area contributed by atoms with E-state index in [9.17, 15) is 8.42 Å². The largest absolute Gasteiger partial charge is 0.316 e. The van der Waals surface area contributed by atoms with Gasteiger partial charge < -0.3 is 5.32 Å². The lowest BCUT2D eigenvalue weighted by Gasteiger charge is -2.11. The molecule has 0 atom stereocenters. The fourth-order valence-corrected chi connectivity index (χ4v) is 3.03. The Morgan fingerprint density at radius 1 is 1.05 bits per heavy atom. The quantitative estimate of drug-likeness (QED) is 0.889. The SMILES string of the molecule is CNCc1cc(S(=O)(=O)Nc2ccccc2)ccc1C. The summed E-state index contributed by atoms with van der Waals surface area (Å²) >= 11 is 0. The van der Waals surface area contributed by atoms with Crippen LogP contribution in [0, 0.1) is 6.92 Å². The molecule has 106 valence electrons. The van der Waals surface area contributed by atoms with Crippen molar-refractivity contribution in [2.24, 2.45) is 0 Å². The number of anilines is 1. The lowest BCUT2D eigenvalue weighted by atomic mass is 10.1. The molecule has 20 heavy (non-hydrogen) atoms. The molecule has 4 nitrogen and oxygen atoms in total. The van der Waals surface area contributed by atoms with Crippen LogP contribution in [0.5, 0.6) is 0 Å². The molecule has 5 heteroatoms. The highest BCUT2D eigenvalue weighted by Gasteiger charge is 2.15. The molecule has 2 aromatic carbocycles. The van der Waals surface area contributed by atoms with Crippen LogP contribution < -0.4 is 10.0 Å². The van der Waals surface area contributed by atoms with Crippen LogP contribution in [0.3, 0.4) is 0 Å². The Morgan fingerprint density at radius 3 is 2.40 bits per heavy atom. The van der Waals surface area contributed by atoms with E-state index in [1.54, 1.807) is 36.4 Å². The van der Waals surface area contributed by atoms with Gasteiger partial charge in [0.15, 0.2) is 0 Å². The molecule has 0 saturated carbocycles. The molecule has 0 spiro atoms. The Kier molecular flexibility index (Phi) is 4.42. The summed E-state index contributed by atoms with van der Waals surface area (Å²) in [5.41, 5.74) is 2.60. The van der Waals surface area contributed by atoms with E-state index in [1.165, 1.54) is 0 Å². The summed E-state index contributed by atoms with van der Waals surface area (Å²) in [5.74, 6) is 0. The molecule has 2 rings (SSSR count). The van der Waals surface area contributed by atoms with Gasteiger partial charge in [0.25, 0.3) is 10.0 Å². The second-order valence-corrected chi connectivity index (χ2v) is 6.27. The lowest BCUT2D eigenvalue weighted by molar-refractivity contribution is 0.601. The number of benzene rings is 2. The molecule has 0 aromatic heterocycles. The Hall–Kier alpha value is -1.85. The Morgan fingerprint density at radius 2 is 1.75 bits per heavy atom. The maximum absolute atomic E-state index is 12.3. The minimum absolute atomic E-state index is 0.275. The topological polar surface area (TPSA) is 58.2 Å². The zero-order valence-electron chi connectivity index (χ0n) is 11.6. The van der Waals surface area contributed by atoms with Crippen molar-refractivity contribution in [3.05, 3.63) is 59.7 Å². The van der Waals surface area contributed by atoms with Crippen molar-refractivity contribution in [1.29, 1.82) is 0 Å². The third-order valence-electron chi connectivity index (χ3n) is 3.02. The van der Waals surface area contributed by atoms with Gasteiger partial charge in [0.1, 0.15) is 0 Å². The Bertz CT molecular complexity index is 682. The predicted molar refractivity (Wildman–Crippen MR) is 81.2 cm³/mol. The van der Waals surface area contributed by atoms with Crippen molar-refractivity contribution < 1.29 is 8.42 Å². The first-order valence-electron chi connectivity index (χ1n) is 6.35. The molecule has 0 aliphatic rings. The highest BCUT2D eigenvalue weighted by molar-refractivity contribution is 7.92. The minimum Gasteiger partial charge on any atom is -0.316 e. The van der Waals surface area contributed by atoms with Crippen molar-refractivity contribution in [3.63, 3.8) is 0 Å². The van der Waals surface area contributed by atoms with Gasteiger partial charge in [-0.15, -0.1) is 0 Å². The van der Waals surface area contributed by atoms with Crippen LogP contribution in [0.2, 0.25) is 0 Å². The van der Waals surface area contributed by atoms with Gasteiger partial charge in [-0.05, 0) is 49.4 Å². The van der Waals surface area contributed by atoms with Crippen molar-refractivity contribution >= 4 is 15.7 Å². The van der Waals surface area contributed by atoms with E-state index in [0.29, 0.717) is 12.2 Å². The average molecular weight is 290 g/mol. The van der Waals surface area contributed by atoms with E-state index in [-0.39, 0.29) is 4.90 Å². The Balaban J connectivity index is 2.32. The van der Waals surface area contributed by atoms with Gasteiger partial charge in [-0.3, -0.25) is 4.72 Å². The molecule has 0 fully saturated rings. The van der Waals surface area contributed by atoms with Crippen molar-refractivity contribution in [1.82, 2.24) is 5.32 Å². The van der Waals surface area contributed by atoms with Crippen LogP contribution in [-0.4, -0.2) is 15.5 Å². The fraction of sp³-hybridized carbons (Fsp3) is 0.200. The van der Waals surface area contributed by atoms with Crippen molar-refractivity contribution in [2.45, 2.75) is 18.4 Å². The molecule has 2 aromatic rings. The van der Waals surface area contributed by atoms with Crippen molar-refractivity contribution in [2.75, 3.05) is 11.8 Å². The molecule has 0 aliphatic heterocycles. The fourth-order valence-electron chi connectivity index (χ4n) is 1.92. The summed E-state index contributed by atoms with van der Waals surface area (Å²) in [5, 5.41) is 3.04. The first-order valence-corrected chi connectivity index (χ1v) is 7.83. The molecule has 0 unspecified atom stereocenters.